The molecule has 2 rings (SSSR count). The number of carbonyl (C=O) groups excluding carboxylic acids is 1. The minimum Gasteiger partial charge on any atom is -0.365 e. The first-order valence-corrected chi connectivity index (χ1v) is 4.89. The van der Waals surface area contributed by atoms with Crippen LogP contribution in [0.5, 0.6) is 0 Å². The smallest absolute Gasteiger partial charge is 0.235 e. The Morgan fingerprint density at radius 2 is 2.36 bits per heavy atom. The molecule has 0 aromatic heterocycles. The highest BCUT2D eigenvalue weighted by molar-refractivity contribution is 5.96. The summed E-state index contributed by atoms with van der Waals surface area (Å²) in [5.74, 6) is -1.42. The number of rotatable bonds is 0. The number of aliphatic hydroxyl groups is 1. The molecular formula is C10H14O4. The number of hydrogen-bond donors (Lipinski definition) is 1. The average molecular weight is 198 g/mol. The molecular weight excluding hydrogens is 184 g/mol. The molecule has 0 saturated carbocycles. The molecule has 1 spiro atoms. The van der Waals surface area contributed by atoms with Crippen LogP contribution in [-0.4, -0.2) is 29.1 Å². The van der Waals surface area contributed by atoms with E-state index in [1.54, 1.807) is 0 Å². The van der Waals surface area contributed by atoms with E-state index in [0.29, 0.717) is 6.42 Å². The molecule has 4 heteroatoms. The van der Waals surface area contributed by atoms with Crippen LogP contribution in [0.3, 0.4) is 0 Å². The van der Waals surface area contributed by atoms with Crippen LogP contribution in [0.4, 0.5) is 0 Å². The molecule has 0 aromatic rings. The van der Waals surface area contributed by atoms with E-state index < -0.39 is 12.1 Å². The first-order chi connectivity index (χ1) is 6.62. The van der Waals surface area contributed by atoms with Crippen molar-refractivity contribution in [2.24, 2.45) is 0 Å². The van der Waals surface area contributed by atoms with E-state index in [4.69, 9.17) is 9.47 Å². The summed E-state index contributed by atoms with van der Waals surface area (Å²) in [4.78, 5) is 11.6. The number of ketones is 1. The van der Waals surface area contributed by atoms with Crippen molar-refractivity contribution in [3.63, 3.8) is 0 Å². The fourth-order valence-electron chi connectivity index (χ4n) is 1.92. The average Bonchev–Trinajstić information content (AvgIpc) is 2.12. The van der Waals surface area contributed by atoms with Crippen LogP contribution in [-0.2, 0) is 14.3 Å². The van der Waals surface area contributed by atoms with E-state index >= 15 is 0 Å². The Kier molecular flexibility index (Phi) is 2.43. The van der Waals surface area contributed by atoms with Gasteiger partial charge in [-0.3, -0.25) is 4.79 Å². The van der Waals surface area contributed by atoms with Gasteiger partial charge in [0.25, 0.3) is 0 Å². The Bertz CT molecular complexity index is 273. The van der Waals surface area contributed by atoms with Gasteiger partial charge < -0.3 is 14.6 Å². The lowest BCUT2D eigenvalue weighted by atomic mass is 9.96. The largest absolute Gasteiger partial charge is 0.365 e. The highest BCUT2D eigenvalue weighted by Crippen LogP contribution is 2.33. The van der Waals surface area contributed by atoms with Crippen LogP contribution in [0.1, 0.15) is 26.2 Å². The third-order valence-corrected chi connectivity index (χ3v) is 2.61. The van der Waals surface area contributed by atoms with Crippen LogP contribution >= 0.6 is 0 Å². The van der Waals surface area contributed by atoms with Gasteiger partial charge in [0.15, 0.2) is 6.29 Å². The number of hydrogen-bond acceptors (Lipinski definition) is 4. The Hall–Kier alpha value is -0.710. The molecule has 78 valence electrons. The monoisotopic (exact) mass is 198 g/mol. The van der Waals surface area contributed by atoms with Gasteiger partial charge in [-0.2, -0.15) is 0 Å². The molecule has 2 aliphatic rings. The van der Waals surface area contributed by atoms with Gasteiger partial charge in [0.1, 0.15) is 0 Å². The maximum absolute atomic E-state index is 11.6. The predicted molar refractivity (Wildman–Crippen MR) is 48.4 cm³/mol. The van der Waals surface area contributed by atoms with Gasteiger partial charge in [-0.1, -0.05) is 0 Å². The standard InChI is InChI=1S/C10H14O4/c1-7-3-2-6-10(13-7)8(11)4-5-9(12)14-10/h4-5,7,9,12H,2-3,6H2,1H3/t7-,9+,10+/m0/s1. The molecule has 2 heterocycles. The van der Waals surface area contributed by atoms with Crippen molar-refractivity contribution in [1.82, 2.24) is 0 Å². The second-order valence-corrected chi connectivity index (χ2v) is 3.81. The van der Waals surface area contributed by atoms with Gasteiger partial charge in [0.05, 0.1) is 6.10 Å². The zero-order chi connectivity index (χ0) is 10.2. The molecule has 2 aliphatic heterocycles. The summed E-state index contributed by atoms with van der Waals surface area (Å²) in [6.07, 6.45) is 3.98. The van der Waals surface area contributed by atoms with Gasteiger partial charge in [0, 0.05) is 6.42 Å². The topological polar surface area (TPSA) is 55.8 Å². The molecule has 1 fully saturated rings. The van der Waals surface area contributed by atoms with Crippen LogP contribution < -0.4 is 0 Å². The molecule has 14 heavy (non-hydrogen) atoms. The summed E-state index contributed by atoms with van der Waals surface area (Å²) in [6.45, 7) is 1.91. The molecule has 3 atom stereocenters. The fourth-order valence-corrected chi connectivity index (χ4v) is 1.92. The molecule has 4 nitrogen and oxygen atoms in total. The highest BCUT2D eigenvalue weighted by atomic mass is 16.8. The van der Waals surface area contributed by atoms with Crippen LogP contribution in [0.15, 0.2) is 12.2 Å². The van der Waals surface area contributed by atoms with E-state index in [1.807, 2.05) is 6.92 Å². The Morgan fingerprint density at radius 1 is 1.57 bits per heavy atom. The first-order valence-electron chi connectivity index (χ1n) is 4.89. The summed E-state index contributed by atoms with van der Waals surface area (Å²) in [5.41, 5.74) is 0. The van der Waals surface area contributed by atoms with Crippen LogP contribution in [0, 0.1) is 0 Å². The molecule has 1 N–H and O–H groups in total. The zero-order valence-corrected chi connectivity index (χ0v) is 8.10. The fraction of sp³-hybridized carbons (Fsp3) is 0.700. The third kappa shape index (κ3) is 1.61. The van der Waals surface area contributed by atoms with Crippen molar-refractivity contribution in [3.05, 3.63) is 12.2 Å². The number of aliphatic hydroxyl groups excluding tert-OH is 1. The van der Waals surface area contributed by atoms with Crippen LogP contribution in [0.2, 0.25) is 0 Å². The maximum atomic E-state index is 11.6. The molecule has 0 bridgehead atoms. The molecule has 0 amide bonds. The lowest BCUT2D eigenvalue weighted by molar-refractivity contribution is -0.299. The van der Waals surface area contributed by atoms with Crippen LogP contribution in [0.25, 0.3) is 0 Å². The first kappa shape index (κ1) is 9.83. The number of ether oxygens (including phenoxy) is 2. The molecule has 0 aromatic carbocycles. The Balaban J connectivity index is 2.21. The normalized spacial score (nSPS) is 43.1. The van der Waals surface area contributed by atoms with Crippen molar-refractivity contribution in [2.75, 3.05) is 0 Å². The van der Waals surface area contributed by atoms with E-state index in [2.05, 4.69) is 0 Å². The van der Waals surface area contributed by atoms with Gasteiger partial charge in [0.2, 0.25) is 11.6 Å². The molecule has 0 unspecified atom stereocenters. The second kappa shape index (κ2) is 3.46. The van der Waals surface area contributed by atoms with Gasteiger partial charge in [-0.05, 0) is 31.9 Å². The Morgan fingerprint density at radius 3 is 3.07 bits per heavy atom. The van der Waals surface area contributed by atoms with E-state index in [9.17, 15) is 9.90 Å². The minimum absolute atomic E-state index is 0.00593. The SMILES string of the molecule is C[C@H]1CCC[C@]2(O[C@@H](O)C=CC2=O)O1. The summed E-state index contributed by atoms with van der Waals surface area (Å²) >= 11 is 0. The molecule has 1 saturated heterocycles. The van der Waals surface area contributed by atoms with E-state index in [0.717, 1.165) is 12.8 Å². The summed E-state index contributed by atoms with van der Waals surface area (Å²) in [7, 11) is 0. The van der Waals surface area contributed by atoms with Crippen molar-refractivity contribution in [2.45, 2.75) is 44.4 Å². The number of carbonyl (C=O) groups is 1. The quantitative estimate of drug-likeness (QED) is 0.624. The molecule has 0 aliphatic carbocycles. The van der Waals surface area contributed by atoms with Gasteiger partial charge >= 0.3 is 0 Å². The third-order valence-electron chi connectivity index (χ3n) is 2.61. The summed E-state index contributed by atoms with van der Waals surface area (Å²) < 4.78 is 10.7. The van der Waals surface area contributed by atoms with E-state index in [1.165, 1.54) is 12.2 Å². The van der Waals surface area contributed by atoms with Gasteiger partial charge in [-0.15, -0.1) is 0 Å². The van der Waals surface area contributed by atoms with Gasteiger partial charge in [-0.25, -0.2) is 0 Å². The maximum Gasteiger partial charge on any atom is 0.235 e. The predicted octanol–water partition coefficient (Wildman–Crippen LogP) is 0.746. The second-order valence-electron chi connectivity index (χ2n) is 3.81. The highest BCUT2D eigenvalue weighted by Gasteiger charge is 2.46. The summed E-state index contributed by atoms with van der Waals surface area (Å²) in [5, 5.41) is 9.29. The van der Waals surface area contributed by atoms with E-state index in [-0.39, 0.29) is 11.9 Å². The zero-order valence-electron chi connectivity index (χ0n) is 8.10. The summed E-state index contributed by atoms with van der Waals surface area (Å²) in [6, 6.07) is 0. The minimum atomic E-state index is -1.22. The Labute approximate surface area is 82.5 Å². The lowest BCUT2D eigenvalue weighted by Gasteiger charge is -2.40. The molecule has 0 radical (unpaired) electrons. The van der Waals surface area contributed by atoms with Crippen molar-refractivity contribution in [1.29, 1.82) is 0 Å². The van der Waals surface area contributed by atoms with Crippen molar-refractivity contribution in [3.8, 4) is 0 Å². The lowest BCUT2D eigenvalue weighted by Crippen LogP contribution is -2.52. The van der Waals surface area contributed by atoms with Crippen molar-refractivity contribution >= 4 is 5.78 Å². The van der Waals surface area contributed by atoms with Crippen molar-refractivity contribution < 1.29 is 19.4 Å².